The first-order chi connectivity index (χ1) is 12.2. The molecule has 1 amide bonds. The first kappa shape index (κ1) is 17.0. The van der Waals surface area contributed by atoms with Gasteiger partial charge in [0.25, 0.3) is 0 Å². The SMILES string of the molecule is CNc1nc(SCC(=O)Nc2cccc(OC)c2)nc2ccccc12. The molecule has 0 atom stereocenters. The van der Waals surface area contributed by atoms with E-state index in [9.17, 15) is 4.79 Å². The Labute approximate surface area is 150 Å². The number of anilines is 2. The van der Waals surface area contributed by atoms with E-state index in [1.54, 1.807) is 13.2 Å². The number of hydrogen-bond donors (Lipinski definition) is 2. The van der Waals surface area contributed by atoms with Crippen LogP contribution >= 0.6 is 11.8 Å². The fraction of sp³-hybridized carbons (Fsp3) is 0.167. The molecule has 3 aromatic rings. The fourth-order valence-corrected chi connectivity index (χ4v) is 2.99. The number of fused-ring (bicyclic) bond motifs is 1. The molecule has 0 radical (unpaired) electrons. The number of hydrogen-bond acceptors (Lipinski definition) is 6. The number of benzene rings is 2. The normalized spacial score (nSPS) is 10.5. The van der Waals surface area contributed by atoms with Crippen LogP contribution in [-0.4, -0.2) is 35.8 Å². The smallest absolute Gasteiger partial charge is 0.234 e. The van der Waals surface area contributed by atoms with E-state index in [1.807, 2.05) is 49.5 Å². The van der Waals surface area contributed by atoms with Gasteiger partial charge in [0.2, 0.25) is 5.91 Å². The molecule has 3 rings (SSSR count). The molecule has 2 N–H and O–H groups in total. The third-order valence-electron chi connectivity index (χ3n) is 3.51. The van der Waals surface area contributed by atoms with Gasteiger partial charge in [0, 0.05) is 24.2 Å². The average molecular weight is 354 g/mol. The van der Waals surface area contributed by atoms with Gasteiger partial charge in [-0.15, -0.1) is 0 Å². The third kappa shape index (κ3) is 4.19. The topological polar surface area (TPSA) is 76.1 Å². The second-order valence-corrected chi connectivity index (χ2v) is 6.13. The summed E-state index contributed by atoms with van der Waals surface area (Å²) in [5.74, 6) is 1.54. The van der Waals surface area contributed by atoms with Crippen LogP contribution in [0, 0.1) is 0 Å². The zero-order chi connectivity index (χ0) is 17.6. The summed E-state index contributed by atoms with van der Waals surface area (Å²) in [6, 6.07) is 15.0. The van der Waals surface area contributed by atoms with Gasteiger partial charge in [-0.05, 0) is 24.3 Å². The maximum atomic E-state index is 12.2. The number of aromatic nitrogens is 2. The lowest BCUT2D eigenvalue weighted by Crippen LogP contribution is -2.14. The summed E-state index contributed by atoms with van der Waals surface area (Å²) >= 11 is 1.30. The van der Waals surface area contributed by atoms with E-state index in [1.165, 1.54) is 11.8 Å². The number of thioether (sulfide) groups is 1. The second kappa shape index (κ2) is 7.85. The van der Waals surface area contributed by atoms with Crippen molar-refractivity contribution in [1.29, 1.82) is 0 Å². The van der Waals surface area contributed by atoms with Gasteiger partial charge in [-0.3, -0.25) is 4.79 Å². The molecule has 0 spiro atoms. The van der Waals surface area contributed by atoms with Crippen LogP contribution in [0.1, 0.15) is 0 Å². The van der Waals surface area contributed by atoms with E-state index in [0.29, 0.717) is 16.6 Å². The minimum Gasteiger partial charge on any atom is -0.497 e. The molecule has 0 aliphatic heterocycles. The van der Waals surface area contributed by atoms with E-state index < -0.39 is 0 Å². The van der Waals surface area contributed by atoms with Crippen LogP contribution < -0.4 is 15.4 Å². The predicted octanol–water partition coefficient (Wildman–Crippen LogP) is 3.41. The van der Waals surface area contributed by atoms with Gasteiger partial charge >= 0.3 is 0 Å². The molecule has 7 heteroatoms. The zero-order valence-electron chi connectivity index (χ0n) is 13.9. The summed E-state index contributed by atoms with van der Waals surface area (Å²) in [6.45, 7) is 0. The highest BCUT2D eigenvalue weighted by Crippen LogP contribution is 2.24. The molecular formula is C18H18N4O2S. The van der Waals surface area contributed by atoms with Crippen LogP contribution in [0.4, 0.5) is 11.5 Å². The highest BCUT2D eigenvalue weighted by molar-refractivity contribution is 7.99. The van der Waals surface area contributed by atoms with Crippen LogP contribution in [0.2, 0.25) is 0 Å². The molecule has 0 aliphatic carbocycles. The highest BCUT2D eigenvalue weighted by atomic mass is 32.2. The molecule has 0 fully saturated rings. The maximum absolute atomic E-state index is 12.2. The minimum absolute atomic E-state index is 0.124. The molecular weight excluding hydrogens is 336 g/mol. The second-order valence-electron chi connectivity index (χ2n) is 5.19. The van der Waals surface area contributed by atoms with E-state index in [4.69, 9.17) is 4.74 Å². The molecule has 6 nitrogen and oxygen atoms in total. The summed E-state index contributed by atoms with van der Waals surface area (Å²) in [4.78, 5) is 21.1. The van der Waals surface area contributed by atoms with Gasteiger partial charge in [-0.1, -0.05) is 30.0 Å². The number of nitrogens with zero attached hydrogens (tertiary/aromatic N) is 2. The molecule has 0 saturated heterocycles. The fourth-order valence-electron chi connectivity index (χ4n) is 2.34. The van der Waals surface area contributed by atoms with Crippen molar-refractivity contribution in [2.45, 2.75) is 5.16 Å². The zero-order valence-corrected chi connectivity index (χ0v) is 14.8. The van der Waals surface area contributed by atoms with Gasteiger partial charge in [-0.2, -0.15) is 0 Å². The van der Waals surface area contributed by atoms with Crippen LogP contribution in [-0.2, 0) is 4.79 Å². The molecule has 1 aromatic heterocycles. The summed E-state index contributed by atoms with van der Waals surface area (Å²) < 4.78 is 5.15. The van der Waals surface area contributed by atoms with Gasteiger partial charge in [0.15, 0.2) is 5.16 Å². The summed E-state index contributed by atoms with van der Waals surface area (Å²) in [6.07, 6.45) is 0. The number of methoxy groups -OCH3 is 1. The molecule has 2 aromatic carbocycles. The lowest BCUT2D eigenvalue weighted by Gasteiger charge is -2.08. The standard InChI is InChI=1S/C18H18N4O2S/c1-19-17-14-8-3-4-9-15(14)21-18(22-17)25-11-16(23)20-12-6-5-7-13(10-12)24-2/h3-10H,11H2,1-2H3,(H,20,23)(H,19,21,22). The Kier molecular flexibility index (Phi) is 5.35. The Hall–Kier alpha value is -2.80. The Bertz CT molecular complexity index is 901. The first-order valence-corrected chi connectivity index (χ1v) is 8.69. The van der Waals surface area contributed by atoms with Crippen molar-refractivity contribution in [3.05, 3.63) is 48.5 Å². The quantitative estimate of drug-likeness (QED) is 0.522. The van der Waals surface area contributed by atoms with Crippen molar-refractivity contribution < 1.29 is 9.53 Å². The maximum Gasteiger partial charge on any atom is 0.234 e. The van der Waals surface area contributed by atoms with Crippen molar-refractivity contribution >= 4 is 40.1 Å². The van der Waals surface area contributed by atoms with Crippen molar-refractivity contribution in [3.63, 3.8) is 0 Å². The van der Waals surface area contributed by atoms with Crippen molar-refractivity contribution in [2.24, 2.45) is 0 Å². The van der Waals surface area contributed by atoms with Crippen LogP contribution in [0.15, 0.2) is 53.7 Å². The monoisotopic (exact) mass is 354 g/mol. The number of carbonyl (C=O) groups excluding carboxylic acids is 1. The van der Waals surface area contributed by atoms with Crippen LogP contribution in [0.25, 0.3) is 10.9 Å². The number of amides is 1. The molecule has 0 unspecified atom stereocenters. The lowest BCUT2D eigenvalue weighted by atomic mass is 10.2. The summed E-state index contributed by atoms with van der Waals surface area (Å²) in [5, 5.41) is 7.43. The number of para-hydroxylation sites is 1. The molecule has 0 aliphatic rings. The van der Waals surface area contributed by atoms with Crippen LogP contribution in [0.3, 0.4) is 0 Å². The van der Waals surface area contributed by atoms with Crippen molar-refractivity contribution in [1.82, 2.24) is 9.97 Å². The predicted molar refractivity (Wildman–Crippen MR) is 101 cm³/mol. The van der Waals surface area contributed by atoms with Gasteiger partial charge in [0.1, 0.15) is 11.6 Å². The van der Waals surface area contributed by atoms with E-state index in [-0.39, 0.29) is 11.7 Å². The number of nitrogens with one attached hydrogen (secondary N) is 2. The molecule has 0 saturated carbocycles. The van der Waals surface area contributed by atoms with Crippen molar-refractivity contribution in [3.8, 4) is 5.75 Å². The number of carbonyl (C=O) groups is 1. The molecule has 1 heterocycles. The average Bonchev–Trinajstić information content (AvgIpc) is 2.65. The lowest BCUT2D eigenvalue weighted by molar-refractivity contribution is -0.113. The van der Waals surface area contributed by atoms with E-state index >= 15 is 0 Å². The minimum atomic E-state index is -0.124. The van der Waals surface area contributed by atoms with Crippen LogP contribution in [0.5, 0.6) is 5.75 Å². The molecule has 0 bridgehead atoms. The Balaban J connectivity index is 1.68. The van der Waals surface area contributed by atoms with Gasteiger partial charge < -0.3 is 15.4 Å². The largest absolute Gasteiger partial charge is 0.497 e. The number of ether oxygens (including phenoxy) is 1. The molecule has 128 valence electrons. The summed E-state index contributed by atoms with van der Waals surface area (Å²) in [5.41, 5.74) is 1.54. The first-order valence-electron chi connectivity index (χ1n) is 7.71. The third-order valence-corrected chi connectivity index (χ3v) is 4.35. The van der Waals surface area contributed by atoms with Gasteiger partial charge in [-0.25, -0.2) is 9.97 Å². The Morgan fingerprint density at radius 2 is 2.00 bits per heavy atom. The Morgan fingerprint density at radius 3 is 2.80 bits per heavy atom. The van der Waals surface area contributed by atoms with Crippen molar-refractivity contribution in [2.75, 3.05) is 30.5 Å². The van der Waals surface area contributed by atoms with E-state index in [0.717, 1.165) is 16.7 Å². The van der Waals surface area contributed by atoms with Gasteiger partial charge in [0.05, 0.1) is 18.4 Å². The number of rotatable bonds is 6. The summed E-state index contributed by atoms with van der Waals surface area (Å²) in [7, 11) is 3.41. The Morgan fingerprint density at radius 1 is 1.16 bits per heavy atom. The highest BCUT2D eigenvalue weighted by Gasteiger charge is 2.10. The molecule has 25 heavy (non-hydrogen) atoms. The van der Waals surface area contributed by atoms with E-state index in [2.05, 4.69) is 20.6 Å².